The highest BCUT2D eigenvalue weighted by Gasteiger charge is 1.96. The molecular formula is C17H21NO2S. The van der Waals surface area contributed by atoms with Crippen LogP contribution in [0.15, 0.2) is 48.8 Å². The number of ether oxygens (including phenoxy) is 2. The quantitative estimate of drug-likeness (QED) is 0.659. The molecule has 3 nitrogen and oxygen atoms in total. The standard InChI is InChI=1S/C17H21NO2S/c1-19-16-4-6-17(7-5-16)20-12-14-21-13-2-3-15-8-10-18-11-9-15/h4-11H,2-3,12-14H2,1H3. The van der Waals surface area contributed by atoms with E-state index in [0.717, 1.165) is 36.0 Å². The van der Waals surface area contributed by atoms with E-state index in [2.05, 4.69) is 17.1 Å². The van der Waals surface area contributed by atoms with Crippen molar-refractivity contribution in [1.82, 2.24) is 4.98 Å². The van der Waals surface area contributed by atoms with E-state index in [1.54, 1.807) is 7.11 Å². The minimum atomic E-state index is 0.742. The summed E-state index contributed by atoms with van der Waals surface area (Å²) in [7, 11) is 1.67. The van der Waals surface area contributed by atoms with Crippen LogP contribution in [-0.2, 0) is 6.42 Å². The number of benzene rings is 1. The molecule has 0 spiro atoms. The first-order valence-corrected chi connectivity index (χ1v) is 8.27. The molecule has 0 unspecified atom stereocenters. The average molecular weight is 303 g/mol. The summed E-state index contributed by atoms with van der Waals surface area (Å²) in [5.74, 6) is 3.93. The van der Waals surface area contributed by atoms with E-state index in [4.69, 9.17) is 9.47 Å². The summed E-state index contributed by atoms with van der Waals surface area (Å²) in [6.45, 7) is 0.742. The Hall–Kier alpha value is -1.68. The lowest BCUT2D eigenvalue weighted by Gasteiger charge is -2.07. The van der Waals surface area contributed by atoms with Gasteiger partial charge in [0, 0.05) is 18.1 Å². The van der Waals surface area contributed by atoms with E-state index in [1.165, 1.54) is 12.0 Å². The summed E-state index contributed by atoms with van der Waals surface area (Å²) >= 11 is 1.93. The van der Waals surface area contributed by atoms with Gasteiger partial charge in [-0.05, 0) is 60.6 Å². The van der Waals surface area contributed by atoms with E-state index in [-0.39, 0.29) is 0 Å². The van der Waals surface area contributed by atoms with Crippen LogP contribution in [0.5, 0.6) is 11.5 Å². The van der Waals surface area contributed by atoms with Crippen molar-refractivity contribution in [2.24, 2.45) is 0 Å². The number of pyridine rings is 1. The lowest BCUT2D eigenvalue weighted by Crippen LogP contribution is -2.01. The van der Waals surface area contributed by atoms with Crippen molar-refractivity contribution >= 4 is 11.8 Å². The van der Waals surface area contributed by atoms with Crippen molar-refractivity contribution in [3.8, 4) is 11.5 Å². The van der Waals surface area contributed by atoms with Crippen LogP contribution >= 0.6 is 11.8 Å². The SMILES string of the molecule is COc1ccc(OCCSCCCc2ccncc2)cc1. The third-order valence-electron chi connectivity index (χ3n) is 3.06. The smallest absolute Gasteiger partial charge is 0.119 e. The molecule has 1 aromatic carbocycles. The minimum absolute atomic E-state index is 0.742. The predicted molar refractivity (Wildman–Crippen MR) is 88.4 cm³/mol. The Morgan fingerprint density at radius 1 is 0.952 bits per heavy atom. The normalized spacial score (nSPS) is 10.3. The molecule has 0 aliphatic carbocycles. The van der Waals surface area contributed by atoms with Gasteiger partial charge in [-0.2, -0.15) is 11.8 Å². The van der Waals surface area contributed by atoms with Crippen LogP contribution in [-0.4, -0.2) is 30.2 Å². The van der Waals surface area contributed by atoms with Crippen LogP contribution in [0, 0.1) is 0 Å². The van der Waals surface area contributed by atoms with Gasteiger partial charge in [0.25, 0.3) is 0 Å². The number of aromatic nitrogens is 1. The topological polar surface area (TPSA) is 31.4 Å². The molecular weight excluding hydrogens is 282 g/mol. The molecule has 0 aliphatic heterocycles. The van der Waals surface area contributed by atoms with Gasteiger partial charge in [-0.3, -0.25) is 4.98 Å². The van der Waals surface area contributed by atoms with Crippen LogP contribution < -0.4 is 9.47 Å². The number of hydrogen-bond acceptors (Lipinski definition) is 4. The van der Waals surface area contributed by atoms with Crippen molar-refractivity contribution in [3.63, 3.8) is 0 Å². The zero-order chi connectivity index (χ0) is 14.8. The molecule has 1 heterocycles. The number of aryl methyl sites for hydroxylation is 1. The molecule has 0 bridgehead atoms. The van der Waals surface area contributed by atoms with Gasteiger partial charge in [0.05, 0.1) is 13.7 Å². The molecule has 0 fully saturated rings. The summed E-state index contributed by atoms with van der Waals surface area (Å²) < 4.78 is 10.8. The van der Waals surface area contributed by atoms with Crippen molar-refractivity contribution in [2.45, 2.75) is 12.8 Å². The van der Waals surface area contributed by atoms with Gasteiger partial charge in [0.1, 0.15) is 11.5 Å². The number of rotatable bonds is 9. The van der Waals surface area contributed by atoms with Gasteiger partial charge in [0.2, 0.25) is 0 Å². The first kappa shape index (κ1) is 15.7. The molecule has 0 aliphatic rings. The number of hydrogen-bond donors (Lipinski definition) is 0. The van der Waals surface area contributed by atoms with Crippen LogP contribution in [0.4, 0.5) is 0 Å². The maximum absolute atomic E-state index is 5.69. The Kier molecular flexibility index (Phi) is 6.95. The molecule has 0 radical (unpaired) electrons. The van der Waals surface area contributed by atoms with Crippen LogP contribution in [0.3, 0.4) is 0 Å². The van der Waals surface area contributed by atoms with E-state index in [1.807, 2.05) is 48.4 Å². The molecule has 4 heteroatoms. The van der Waals surface area contributed by atoms with E-state index in [9.17, 15) is 0 Å². The third-order valence-corrected chi connectivity index (χ3v) is 4.09. The average Bonchev–Trinajstić information content (AvgIpc) is 2.55. The maximum atomic E-state index is 5.69. The highest BCUT2D eigenvalue weighted by molar-refractivity contribution is 7.99. The zero-order valence-corrected chi connectivity index (χ0v) is 13.1. The first-order chi connectivity index (χ1) is 10.4. The van der Waals surface area contributed by atoms with Gasteiger partial charge in [-0.1, -0.05) is 0 Å². The zero-order valence-electron chi connectivity index (χ0n) is 12.3. The Morgan fingerprint density at radius 3 is 2.38 bits per heavy atom. The van der Waals surface area contributed by atoms with Crippen LogP contribution in [0.25, 0.3) is 0 Å². The molecule has 112 valence electrons. The molecule has 1 aromatic heterocycles. The Morgan fingerprint density at radius 2 is 1.67 bits per heavy atom. The second-order valence-electron chi connectivity index (χ2n) is 4.60. The summed E-state index contributed by atoms with van der Waals surface area (Å²) in [5.41, 5.74) is 1.36. The van der Waals surface area contributed by atoms with Gasteiger partial charge < -0.3 is 9.47 Å². The van der Waals surface area contributed by atoms with Crippen LogP contribution in [0.2, 0.25) is 0 Å². The molecule has 0 saturated carbocycles. The Bertz CT molecular complexity index is 502. The fourth-order valence-electron chi connectivity index (χ4n) is 1.92. The second-order valence-corrected chi connectivity index (χ2v) is 5.82. The molecule has 0 atom stereocenters. The molecule has 0 N–H and O–H groups in total. The van der Waals surface area contributed by atoms with E-state index >= 15 is 0 Å². The third kappa shape index (κ3) is 6.08. The Labute approximate surface area is 130 Å². The highest BCUT2D eigenvalue weighted by Crippen LogP contribution is 2.17. The van der Waals surface area contributed by atoms with E-state index < -0.39 is 0 Å². The fourth-order valence-corrected chi connectivity index (χ4v) is 2.67. The summed E-state index contributed by atoms with van der Waals surface area (Å²) in [5, 5.41) is 0. The minimum Gasteiger partial charge on any atom is -0.497 e. The monoisotopic (exact) mass is 303 g/mol. The second kappa shape index (κ2) is 9.29. The summed E-state index contributed by atoms with van der Waals surface area (Å²) in [4.78, 5) is 4.02. The molecule has 2 aromatic rings. The largest absolute Gasteiger partial charge is 0.497 e. The molecule has 0 saturated heterocycles. The highest BCUT2D eigenvalue weighted by atomic mass is 32.2. The summed E-state index contributed by atoms with van der Waals surface area (Å²) in [6, 6.07) is 11.9. The van der Waals surface area contributed by atoms with Crippen molar-refractivity contribution < 1.29 is 9.47 Å². The van der Waals surface area contributed by atoms with Gasteiger partial charge in [-0.25, -0.2) is 0 Å². The summed E-state index contributed by atoms with van der Waals surface area (Å²) in [6.07, 6.45) is 6.02. The fraction of sp³-hybridized carbons (Fsp3) is 0.353. The van der Waals surface area contributed by atoms with Gasteiger partial charge in [-0.15, -0.1) is 0 Å². The van der Waals surface area contributed by atoms with Crippen molar-refractivity contribution in [2.75, 3.05) is 25.2 Å². The number of thioether (sulfide) groups is 1. The number of methoxy groups -OCH3 is 1. The lowest BCUT2D eigenvalue weighted by atomic mass is 10.2. The Balaban J connectivity index is 1.51. The van der Waals surface area contributed by atoms with Crippen molar-refractivity contribution in [3.05, 3.63) is 54.4 Å². The predicted octanol–water partition coefficient (Wildman–Crippen LogP) is 3.84. The van der Waals surface area contributed by atoms with Gasteiger partial charge >= 0.3 is 0 Å². The van der Waals surface area contributed by atoms with Crippen molar-refractivity contribution in [1.29, 1.82) is 0 Å². The maximum Gasteiger partial charge on any atom is 0.119 e. The molecule has 0 amide bonds. The van der Waals surface area contributed by atoms with E-state index in [0.29, 0.717) is 0 Å². The van der Waals surface area contributed by atoms with Crippen LogP contribution in [0.1, 0.15) is 12.0 Å². The first-order valence-electron chi connectivity index (χ1n) is 7.12. The molecule has 2 rings (SSSR count). The number of nitrogens with zero attached hydrogens (tertiary/aromatic N) is 1. The molecule has 21 heavy (non-hydrogen) atoms. The van der Waals surface area contributed by atoms with Gasteiger partial charge in [0.15, 0.2) is 0 Å². The lowest BCUT2D eigenvalue weighted by molar-refractivity contribution is 0.342.